The van der Waals surface area contributed by atoms with Crippen molar-refractivity contribution in [3.63, 3.8) is 0 Å². The Morgan fingerprint density at radius 1 is 1.35 bits per heavy atom. The molecule has 0 amide bonds. The second kappa shape index (κ2) is 5.81. The van der Waals surface area contributed by atoms with E-state index in [1.54, 1.807) is 11.3 Å². The summed E-state index contributed by atoms with van der Waals surface area (Å²) in [5.74, 6) is 1.43. The topological polar surface area (TPSA) is 55.0 Å². The van der Waals surface area contributed by atoms with Crippen LogP contribution in [-0.2, 0) is 12.8 Å². The minimum atomic E-state index is -0.00739. The van der Waals surface area contributed by atoms with Gasteiger partial charge < -0.3 is 9.72 Å². The van der Waals surface area contributed by atoms with Crippen molar-refractivity contribution in [2.45, 2.75) is 32.1 Å². The predicted octanol–water partition coefficient (Wildman–Crippen LogP) is 3.66. The molecule has 5 heteroatoms. The summed E-state index contributed by atoms with van der Waals surface area (Å²) in [6.45, 7) is 2.68. The molecule has 1 aromatic carbocycles. The molecule has 2 heterocycles. The smallest absolute Gasteiger partial charge is 0.259 e. The molecule has 1 aliphatic carbocycles. The Kier molecular flexibility index (Phi) is 3.65. The summed E-state index contributed by atoms with van der Waals surface area (Å²) >= 11 is 1.67. The van der Waals surface area contributed by atoms with Crippen molar-refractivity contribution in [3.8, 4) is 5.75 Å². The number of aromatic amines is 1. The fourth-order valence-corrected chi connectivity index (χ4v) is 4.67. The first-order valence-corrected chi connectivity index (χ1v) is 8.78. The van der Waals surface area contributed by atoms with Gasteiger partial charge >= 0.3 is 0 Å². The summed E-state index contributed by atoms with van der Waals surface area (Å²) in [4.78, 5) is 21.3. The highest BCUT2D eigenvalue weighted by Gasteiger charge is 2.25. The van der Waals surface area contributed by atoms with Gasteiger partial charge in [0.1, 0.15) is 10.6 Å². The van der Waals surface area contributed by atoms with E-state index in [4.69, 9.17) is 4.74 Å². The fraction of sp³-hybridized carbons (Fsp3) is 0.333. The Balaban J connectivity index is 1.65. The summed E-state index contributed by atoms with van der Waals surface area (Å²) in [6, 6.07) is 8.43. The second-order valence-corrected chi connectivity index (χ2v) is 6.94. The lowest BCUT2D eigenvalue weighted by Crippen LogP contribution is -2.13. The maximum absolute atomic E-state index is 12.1. The molecule has 1 N–H and O–H groups in total. The summed E-state index contributed by atoms with van der Waals surface area (Å²) in [7, 11) is 0. The highest BCUT2D eigenvalue weighted by Crippen LogP contribution is 2.39. The number of thiophene rings is 1. The lowest BCUT2D eigenvalue weighted by molar-refractivity contribution is 0.340. The van der Waals surface area contributed by atoms with E-state index < -0.39 is 0 Å². The molecule has 0 saturated heterocycles. The van der Waals surface area contributed by atoms with E-state index in [2.05, 4.69) is 22.1 Å². The molecule has 4 rings (SSSR count). The number of H-pyrrole nitrogens is 1. The van der Waals surface area contributed by atoms with Crippen molar-refractivity contribution >= 4 is 21.6 Å². The fourth-order valence-electron chi connectivity index (χ4n) is 3.41. The van der Waals surface area contributed by atoms with E-state index in [1.807, 2.05) is 19.1 Å². The van der Waals surface area contributed by atoms with Crippen LogP contribution in [-0.4, -0.2) is 16.6 Å². The first kappa shape index (κ1) is 14.5. The van der Waals surface area contributed by atoms with Gasteiger partial charge in [0.05, 0.1) is 18.3 Å². The maximum Gasteiger partial charge on any atom is 0.259 e. The normalized spacial score (nSPS) is 17.2. The number of ether oxygens (including phenoxy) is 1. The monoisotopic (exact) mass is 326 g/mol. The molecule has 4 nitrogen and oxygen atoms in total. The molecule has 1 unspecified atom stereocenters. The molecule has 3 aromatic rings. The Bertz CT molecular complexity index is 896. The third-order valence-corrected chi connectivity index (χ3v) is 5.68. The van der Waals surface area contributed by atoms with Crippen molar-refractivity contribution in [3.05, 3.63) is 57.0 Å². The van der Waals surface area contributed by atoms with Gasteiger partial charge in [-0.1, -0.05) is 12.1 Å². The number of aryl methyl sites for hydroxylation is 1. The number of hydrogen-bond acceptors (Lipinski definition) is 4. The first-order valence-electron chi connectivity index (χ1n) is 7.97. The molecule has 0 fully saturated rings. The number of hydrogen-bond donors (Lipinski definition) is 1. The lowest BCUT2D eigenvalue weighted by Gasteiger charge is -2.22. The third-order valence-electron chi connectivity index (χ3n) is 4.51. The summed E-state index contributed by atoms with van der Waals surface area (Å²) in [6.07, 6.45) is 4.50. The Hall–Kier alpha value is -2.14. The van der Waals surface area contributed by atoms with Gasteiger partial charge in [-0.3, -0.25) is 4.79 Å². The number of benzene rings is 1. The molecule has 0 saturated carbocycles. The van der Waals surface area contributed by atoms with Gasteiger partial charge in [0.25, 0.3) is 5.56 Å². The largest absolute Gasteiger partial charge is 0.494 e. The molecule has 23 heavy (non-hydrogen) atoms. The standard InChI is InChI=1S/C18H18N2O2S/c1-2-22-13-6-3-11(4-7-13)12-5-8-14-15(9-12)23-18-16(14)17(21)19-10-20-18/h3-4,6-7,10,12H,2,5,8-9H2,1H3,(H,19,20,21). The van der Waals surface area contributed by atoms with Gasteiger partial charge in [0, 0.05) is 4.88 Å². The van der Waals surface area contributed by atoms with Gasteiger partial charge in [-0.2, -0.15) is 0 Å². The van der Waals surface area contributed by atoms with E-state index in [9.17, 15) is 4.79 Å². The zero-order valence-corrected chi connectivity index (χ0v) is 13.8. The van der Waals surface area contributed by atoms with Crippen LogP contribution in [0.4, 0.5) is 0 Å². The van der Waals surface area contributed by atoms with Crippen molar-refractivity contribution in [1.82, 2.24) is 9.97 Å². The van der Waals surface area contributed by atoms with Crippen LogP contribution in [0.3, 0.4) is 0 Å². The lowest BCUT2D eigenvalue weighted by atomic mass is 9.83. The predicted molar refractivity (Wildman–Crippen MR) is 92.6 cm³/mol. The van der Waals surface area contributed by atoms with Crippen LogP contribution < -0.4 is 10.3 Å². The molecule has 0 aliphatic heterocycles. The number of fused-ring (bicyclic) bond motifs is 3. The van der Waals surface area contributed by atoms with E-state index >= 15 is 0 Å². The maximum atomic E-state index is 12.1. The summed E-state index contributed by atoms with van der Waals surface area (Å²) < 4.78 is 5.51. The zero-order chi connectivity index (χ0) is 15.8. The molecule has 1 atom stereocenters. The van der Waals surface area contributed by atoms with Gasteiger partial charge in [0.15, 0.2) is 0 Å². The van der Waals surface area contributed by atoms with Gasteiger partial charge in [-0.05, 0) is 55.4 Å². The zero-order valence-electron chi connectivity index (χ0n) is 13.0. The SMILES string of the molecule is CCOc1ccc(C2CCc3c(sc4nc[nH]c(=O)c34)C2)cc1. The van der Waals surface area contributed by atoms with E-state index in [0.717, 1.165) is 35.2 Å². The molecule has 2 aromatic heterocycles. The molecule has 0 radical (unpaired) electrons. The summed E-state index contributed by atoms with van der Waals surface area (Å²) in [5, 5.41) is 0.803. The molecule has 0 bridgehead atoms. The Morgan fingerprint density at radius 2 is 2.17 bits per heavy atom. The van der Waals surface area contributed by atoms with Crippen LogP contribution in [0, 0.1) is 0 Å². The second-order valence-electron chi connectivity index (χ2n) is 5.86. The van der Waals surface area contributed by atoms with Gasteiger partial charge in [0.2, 0.25) is 0 Å². The van der Waals surface area contributed by atoms with Crippen molar-refractivity contribution in [2.75, 3.05) is 6.61 Å². The van der Waals surface area contributed by atoms with Gasteiger partial charge in [-0.15, -0.1) is 11.3 Å². The van der Waals surface area contributed by atoms with Gasteiger partial charge in [-0.25, -0.2) is 4.98 Å². The number of nitrogens with one attached hydrogen (secondary N) is 1. The van der Waals surface area contributed by atoms with Crippen LogP contribution in [0.2, 0.25) is 0 Å². The molecular weight excluding hydrogens is 308 g/mol. The van der Waals surface area contributed by atoms with Crippen LogP contribution >= 0.6 is 11.3 Å². The van der Waals surface area contributed by atoms with Crippen LogP contribution in [0.1, 0.15) is 35.3 Å². The average molecular weight is 326 g/mol. The third kappa shape index (κ3) is 2.55. The highest BCUT2D eigenvalue weighted by molar-refractivity contribution is 7.18. The Labute approximate surface area is 138 Å². The highest BCUT2D eigenvalue weighted by atomic mass is 32.1. The molecule has 1 aliphatic rings. The quantitative estimate of drug-likeness (QED) is 0.799. The van der Waals surface area contributed by atoms with E-state index in [0.29, 0.717) is 12.5 Å². The molecule has 0 spiro atoms. The Morgan fingerprint density at radius 3 is 2.96 bits per heavy atom. The minimum Gasteiger partial charge on any atom is -0.494 e. The first-order chi connectivity index (χ1) is 11.3. The molecular formula is C18H18N2O2S. The number of rotatable bonds is 3. The van der Waals surface area contributed by atoms with Crippen LogP contribution in [0.5, 0.6) is 5.75 Å². The van der Waals surface area contributed by atoms with Crippen molar-refractivity contribution in [2.24, 2.45) is 0 Å². The molecule has 118 valence electrons. The average Bonchev–Trinajstić information content (AvgIpc) is 2.94. The summed E-state index contributed by atoms with van der Waals surface area (Å²) in [5.41, 5.74) is 2.55. The van der Waals surface area contributed by atoms with Crippen molar-refractivity contribution < 1.29 is 4.74 Å². The van der Waals surface area contributed by atoms with Crippen LogP contribution in [0.25, 0.3) is 10.2 Å². The van der Waals surface area contributed by atoms with E-state index in [1.165, 1.54) is 22.3 Å². The van der Waals surface area contributed by atoms with Crippen molar-refractivity contribution in [1.29, 1.82) is 0 Å². The number of aromatic nitrogens is 2. The number of nitrogens with zero attached hydrogens (tertiary/aromatic N) is 1. The van der Waals surface area contributed by atoms with E-state index in [-0.39, 0.29) is 5.56 Å². The van der Waals surface area contributed by atoms with Crippen LogP contribution in [0.15, 0.2) is 35.4 Å². The minimum absolute atomic E-state index is 0.00739.